The van der Waals surface area contributed by atoms with Crippen molar-refractivity contribution in [1.82, 2.24) is 14.8 Å². The van der Waals surface area contributed by atoms with Crippen LogP contribution in [0.2, 0.25) is 5.02 Å². The maximum atomic E-state index is 13.8. The van der Waals surface area contributed by atoms with Crippen LogP contribution in [0.4, 0.5) is 0 Å². The number of carbonyl (C=O) groups excluding carboxylic acids is 2. The molecule has 34 heavy (non-hydrogen) atoms. The monoisotopic (exact) mass is 469 g/mol. The van der Waals surface area contributed by atoms with Crippen LogP contribution in [0, 0.1) is 6.92 Å². The first-order valence-electron chi connectivity index (χ1n) is 11.5. The van der Waals surface area contributed by atoms with Crippen LogP contribution in [-0.4, -0.2) is 39.2 Å². The maximum Gasteiger partial charge on any atom is 0.246 e. The van der Waals surface area contributed by atoms with Crippen LogP contribution >= 0.6 is 11.6 Å². The summed E-state index contributed by atoms with van der Waals surface area (Å²) in [5.74, 6) is -0.0803. The Bertz CT molecular complexity index is 1440. The minimum absolute atomic E-state index is 0.0333. The lowest BCUT2D eigenvalue weighted by atomic mass is 9.85. The van der Waals surface area contributed by atoms with E-state index in [1.165, 1.54) is 0 Å². The van der Waals surface area contributed by atoms with Crippen LogP contribution < -0.4 is 0 Å². The Morgan fingerprint density at radius 2 is 1.71 bits per heavy atom. The van der Waals surface area contributed by atoms with Crippen molar-refractivity contribution in [3.63, 3.8) is 0 Å². The van der Waals surface area contributed by atoms with E-state index in [1.54, 1.807) is 4.90 Å². The molecule has 0 unspecified atom stereocenters. The molecule has 2 atom stereocenters. The zero-order chi connectivity index (χ0) is 23.4. The van der Waals surface area contributed by atoms with Gasteiger partial charge in [0.2, 0.25) is 11.8 Å². The largest absolute Gasteiger partial charge is 0.356 e. The number of H-pyrrole nitrogens is 1. The van der Waals surface area contributed by atoms with E-state index >= 15 is 0 Å². The molecule has 170 valence electrons. The van der Waals surface area contributed by atoms with Crippen molar-refractivity contribution in [3.05, 3.63) is 106 Å². The summed E-state index contributed by atoms with van der Waals surface area (Å²) in [5.41, 5.74) is 6.13. The van der Waals surface area contributed by atoms with Gasteiger partial charge in [-0.15, -0.1) is 0 Å². The van der Waals surface area contributed by atoms with E-state index in [-0.39, 0.29) is 24.4 Å². The van der Waals surface area contributed by atoms with Crippen LogP contribution in [-0.2, 0) is 22.6 Å². The van der Waals surface area contributed by atoms with Crippen molar-refractivity contribution >= 4 is 34.3 Å². The molecular formula is C28H24ClN3O2. The number of halogens is 1. The highest BCUT2D eigenvalue weighted by Crippen LogP contribution is 2.43. The van der Waals surface area contributed by atoms with Crippen molar-refractivity contribution in [2.45, 2.75) is 32.0 Å². The number of aromatic nitrogens is 1. The quantitative estimate of drug-likeness (QED) is 0.458. The summed E-state index contributed by atoms with van der Waals surface area (Å²) in [6, 6.07) is 22.9. The average Bonchev–Trinajstić information content (AvgIpc) is 3.21. The van der Waals surface area contributed by atoms with E-state index in [2.05, 4.69) is 36.2 Å². The fraction of sp³-hybridized carbons (Fsp3) is 0.214. The van der Waals surface area contributed by atoms with Gasteiger partial charge in [0.05, 0.1) is 6.04 Å². The Hall–Kier alpha value is -3.57. The second kappa shape index (κ2) is 8.03. The second-order valence-corrected chi connectivity index (χ2v) is 9.54. The summed E-state index contributed by atoms with van der Waals surface area (Å²) in [6.45, 7) is 2.42. The summed E-state index contributed by atoms with van der Waals surface area (Å²) < 4.78 is 0. The Balaban J connectivity index is 1.47. The molecule has 0 saturated carbocycles. The predicted octanol–water partition coefficient (Wildman–Crippen LogP) is 5.01. The van der Waals surface area contributed by atoms with Crippen LogP contribution in [0.25, 0.3) is 10.9 Å². The molecule has 2 amide bonds. The van der Waals surface area contributed by atoms with Crippen molar-refractivity contribution in [1.29, 1.82) is 0 Å². The van der Waals surface area contributed by atoms with Crippen molar-refractivity contribution in [3.8, 4) is 0 Å². The Labute approximate surface area is 202 Å². The normalized spacial score (nSPS) is 19.9. The third-order valence-electron chi connectivity index (χ3n) is 7.14. The van der Waals surface area contributed by atoms with Gasteiger partial charge in [-0.25, -0.2) is 0 Å². The van der Waals surface area contributed by atoms with Gasteiger partial charge in [0.25, 0.3) is 0 Å². The molecule has 4 aromatic rings. The molecule has 2 aliphatic heterocycles. The summed E-state index contributed by atoms with van der Waals surface area (Å²) in [4.78, 5) is 34.5. The van der Waals surface area contributed by atoms with E-state index in [9.17, 15) is 9.59 Å². The molecule has 3 aromatic carbocycles. The number of carbonyl (C=O) groups is 2. The predicted molar refractivity (Wildman–Crippen MR) is 133 cm³/mol. The Morgan fingerprint density at radius 3 is 2.53 bits per heavy atom. The summed E-state index contributed by atoms with van der Waals surface area (Å²) in [6.07, 6.45) is 0.491. The van der Waals surface area contributed by atoms with Gasteiger partial charge in [0, 0.05) is 34.6 Å². The number of rotatable bonds is 3. The number of hydrogen-bond donors (Lipinski definition) is 1. The molecule has 6 rings (SSSR count). The lowest BCUT2D eigenvalue weighted by Gasteiger charge is -2.47. The standard InChI is InChI=1S/C28H24ClN3O2/c1-17-8-2-4-10-19(17)27-26-21(20-11-5-7-13-23(20)30-26)14-24-28(34)31(16-25(33)32(24)27)15-18-9-3-6-12-22(18)29/h2-13,24,27,30H,14-16H2,1H3/t24-,27-/m0/s1. The molecule has 5 nitrogen and oxygen atoms in total. The van der Waals surface area contributed by atoms with Gasteiger partial charge in [-0.2, -0.15) is 0 Å². The van der Waals surface area contributed by atoms with Gasteiger partial charge in [-0.05, 0) is 41.3 Å². The van der Waals surface area contributed by atoms with Crippen molar-refractivity contribution < 1.29 is 9.59 Å². The highest BCUT2D eigenvalue weighted by molar-refractivity contribution is 6.31. The number of nitrogens with one attached hydrogen (secondary N) is 1. The second-order valence-electron chi connectivity index (χ2n) is 9.13. The molecule has 2 aliphatic rings. The minimum Gasteiger partial charge on any atom is -0.356 e. The number of hydrogen-bond acceptors (Lipinski definition) is 2. The minimum atomic E-state index is -0.556. The lowest BCUT2D eigenvalue weighted by Crippen LogP contribution is -2.62. The maximum absolute atomic E-state index is 13.8. The smallest absolute Gasteiger partial charge is 0.246 e. The third kappa shape index (κ3) is 3.23. The van der Waals surface area contributed by atoms with E-state index in [0.717, 1.165) is 38.9 Å². The number of fused-ring (bicyclic) bond motifs is 4. The molecular weight excluding hydrogens is 446 g/mol. The zero-order valence-electron chi connectivity index (χ0n) is 18.8. The van der Waals surface area contributed by atoms with Crippen LogP contribution in [0.5, 0.6) is 0 Å². The number of aromatic amines is 1. The van der Waals surface area contributed by atoms with Gasteiger partial charge < -0.3 is 14.8 Å². The lowest BCUT2D eigenvalue weighted by molar-refractivity contribution is -0.159. The van der Waals surface area contributed by atoms with Crippen molar-refractivity contribution in [2.24, 2.45) is 0 Å². The first-order valence-corrected chi connectivity index (χ1v) is 11.9. The zero-order valence-corrected chi connectivity index (χ0v) is 19.5. The van der Waals surface area contributed by atoms with Gasteiger partial charge in [0.1, 0.15) is 12.6 Å². The molecule has 1 fully saturated rings. The summed E-state index contributed by atoms with van der Waals surface area (Å²) in [5, 5.41) is 1.71. The molecule has 0 spiro atoms. The molecule has 1 saturated heterocycles. The number of piperazine rings is 1. The fourth-order valence-electron chi connectivity index (χ4n) is 5.51. The van der Waals surface area contributed by atoms with E-state index in [0.29, 0.717) is 18.0 Å². The summed E-state index contributed by atoms with van der Waals surface area (Å²) >= 11 is 6.37. The number of amides is 2. The third-order valence-corrected chi connectivity index (χ3v) is 7.51. The number of para-hydroxylation sites is 1. The molecule has 0 bridgehead atoms. The molecule has 3 heterocycles. The topological polar surface area (TPSA) is 56.4 Å². The van der Waals surface area contributed by atoms with Gasteiger partial charge >= 0.3 is 0 Å². The van der Waals surface area contributed by atoms with Crippen LogP contribution in [0.15, 0.2) is 72.8 Å². The first-order chi connectivity index (χ1) is 16.5. The van der Waals surface area contributed by atoms with E-state index in [4.69, 9.17) is 11.6 Å². The van der Waals surface area contributed by atoms with Gasteiger partial charge in [0.15, 0.2) is 0 Å². The highest BCUT2D eigenvalue weighted by Gasteiger charge is 2.48. The molecule has 6 heteroatoms. The van der Waals surface area contributed by atoms with Crippen LogP contribution in [0.3, 0.4) is 0 Å². The van der Waals surface area contributed by atoms with E-state index < -0.39 is 6.04 Å². The van der Waals surface area contributed by atoms with Gasteiger partial charge in [-0.3, -0.25) is 9.59 Å². The first kappa shape index (κ1) is 21.0. The van der Waals surface area contributed by atoms with Gasteiger partial charge in [-0.1, -0.05) is 72.3 Å². The molecule has 1 aromatic heterocycles. The Morgan fingerprint density at radius 1 is 0.971 bits per heavy atom. The Kier molecular flexibility index (Phi) is 4.96. The SMILES string of the molecule is Cc1ccccc1[C@H]1c2[nH]c3ccccc3c2C[C@H]2C(=O)N(Cc3ccccc3Cl)CC(=O)N12. The number of aryl methyl sites for hydroxylation is 1. The number of nitrogens with zero attached hydrogens (tertiary/aromatic N) is 2. The molecule has 0 radical (unpaired) electrons. The fourth-order valence-corrected chi connectivity index (χ4v) is 5.70. The molecule has 1 N–H and O–H groups in total. The average molecular weight is 470 g/mol. The highest BCUT2D eigenvalue weighted by atomic mass is 35.5. The molecule has 0 aliphatic carbocycles. The number of benzene rings is 3. The summed E-state index contributed by atoms with van der Waals surface area (Å²) in [7, 11) is 0. The van der Waals surface area contributed by atoms with E-state index in [1.807, 2.05) is 53.4 Å². The van der Waals surface area contributed by atoms with Crippen molar-refractivity contribution in [2.75, 3.05) is 6.54 Å². The van der Waals surface area contributed by atoms with Crippen LogP contribution in [0.1, 0.15) is 34.0 Å².